The number of amides is 2. The highest BCUT2D eigenvalue weighted by molar-refractivity contribution is 7.89. The average Bonchev–Trinajstić information content (AvgIpc) is 3.10. The van der Waals surface area contributed by atoms with Crippen molar-refractivity contribution in [3.63, 3.8) is 0 Å². The highest BCUT2D eigenvalue weighted by Crippen LogP contribution is 2.35. The summed E-state index contributed by atoms with van der Waals surface area (Å²) in [4.78, 5) is 25.4. The number of hydrogen-bond donors (Lipinski definition) is 1. The van der Waals surface area contributed by atoms with Crippen LogP contribution in [0.4, 0.5) is 5.69 Å². The van der Waals surface area contributed by atoms with Crippen molar-refractivity contribution < 1.29 is 27.5 Å². The van der Waals surface area contributed by atoms with Gasteiger partial charge in [-0.25, -0.2) is 18.0 Å². The van der Waals surface area contributed by atoms with Crippen molar-refractivity contribution in [3.05, 3.63) is 48.0 Å². The van der Waals surface area contributed by atoms with Crippen LogP contribution in [0.1, 0.15) is 44.7 Å². The van der Waals surface area contributed by atoms with Crippen LogP contribution >= 0.6 is 0 Å². The SMILES string of the molecule is COc1ccc(C(CC(C)C)NS(=O)(=O)c2ccc(OC)c(N3C(=O)CCC3=O)c2)cc1. The number of anilines is 1. The van der Waals surface area contributed by atoms with Gasteiger partial charge in [-0.15, -0.1) is 0 Å². The molecule has 2 aromatic carbocycles. The van der Waals surface area contributed by atoms with Crippen LogP contribution in [0.25, 0.3) is 0 Å². The molecule has 2 aromatic rings. The minimum Gasteiger partial charge on any atom is -0.497 e. The van der Waals surface area contributed by atoms with Gasteiger partial charge in [0.15, 0.2) is 0 Å². The van der Waals surface area contributed by atoms with Crippen molar-refractivity contribution in [2.45, 2.75) is 44.0 Å². The molecule has 0 spiro atoms. The van der Waals surface area contributed by atoms with E-state index >= 15 is 0 Å². The van der Waals surface area contributed by atoms with E-state index in [1.807, 2.05) is 26.0 Å². The molecule has 172 valence electrons. The summed E-state index contributed by atoms with van der Waals surface area (Å²) in [6, 6.07) is 10.9. The van der Waals surface area contributed by atoms with Crippen molar-refractivity contribution >= 4 is 27.5 Å². The van der Waals surface area contributed by atoms with Crippen molar-refractivity contribution in [3.8, 4) is 11.5 Å². The van der Waals surface area contributed by atoms with Crippen molar-refractivity contribution in [2.24, 2.45) is 5.92 Å². The topological polar surface area (TPSA) is 102 Å². The third kappa shape index (κ3) is 5.11. The molecule has 1 aliphatic rings. The number of nitrogens with one attached hydrogen (secondary N) is 1. The molecule has 1 N–H and O–H groups in total. The summed E-state index contributed by atoms with van der Waals surface area (Å²) in [5, 5.41) is 0. The molecule has 1 unspecified atom stereocenters. The zero-order valence-corrected chi connectivity index (χ0v) is 19.4. The first-order valence-corrected chi connectivity index (χ1v) is 11.8. The van der Waals surface area contributed by atoms with Crippen LogP contribution in [0.15, 0.2) is 47.4 Å². The number of rotatable bonds is 9. The summed E-state index contributed by atoms with van der Waals surface area (Å²) in [5.74, 6) is 0.399. The van der Waals surface area contributed by atoms with Gasteiger partial charge in [-0.05, 0) is 48.2 Å². The Bertz CT molecular complexity index is 1080. The number of nitrogens with zero attached hydrogens (tertiary/aromatic N) is 1. The number of carbonyl (C=O) groups is 2. The Morgan fingerprint density at radius 3 is 2.12 bits per heavy atom. The second-order valence-corrected chi connectivity index (χ2v) is 9.75. The van der Waals surface area contributed by atoms with E-state index in [4.69, 9.17) is 9.47 Å². The number of benzene rings is 2. The molecule has 1 saturated heterocycles. The van der Waals surface area contributed by atoms with E-state index in [9.17, 15) is 18.0 Å². The van der Waals surface area contributed by atoms with E-state index in [-0.39, 0.29) is 46.9 Å². The summed E-state index contributed by atoms with van der Waals surface area (Å²) < 4.78 is 39.8. The van der Waals surface area contributed by atoms with Gasteiger partial charge in [-0.3, -0.25) is 9.59 Å². The summed E-state index contributed by atoms with van der Waals surface area (Å²) in [5.41, 5.74) is 0.939. The molecular formula is C23H28N2O6S. The highest BCUT2D eigenvalue weighted by Gasteiger charge is 2.33. The Balaban J connectivity index is 1.96. The number of sulfonamides is 1. The lowest BCUT2D eigenvalue weighted by Gasteiger charge is -2.22. The first-order chi connectivity index (χ1) is 15.2. The van der Waals surface area contributed by atoms with Crippen molar-refractivity contribution in [2.75, 3.05) is 19.1 Å². The lowest BCUT2D eigenvalue weighted by Crippen LogP contribution is -2.31. The number of ether oxygens (including phenoxy) is 2. The normalized spacial score (nSPS) is 15.3. The molecule has 0 saturated carbocycles. The van der Waals surface area contributed by atoms with Crippen LogP contribution in [0.5, 0.6) is 11.5 Å². The van der Waals surface area contributed by atoms with Gasteiger partial charge in [0, 0.05) is 18.9 Å². The summed E-state index contributed by atoms with van der Waals surface area (Å²) in [7, 11) is -0.996. The fraction of sp³-hybridized carbons (Fsp3) is 0.391. The van der Waals surface area contributed by atoms with E-state index in [0.29, 0.717) is 12.2 Å². The molecule has 0 radical (unpaired) electrons. The lowest BCUT2D eigenvalue weighted by molar-refractivity contribution is -0.121. The zero-order valence-electron chi connectivity index (χ0n) is 18.6. The van der Waals surface area contributed by atoms with Crippen molar-refractivity contribution in [1.82, 2.24) is 4.72 Å². The maximum absolute atomic E-state index is 13.3. The minimum absolute atomic E-state index is 0.0527. The first kappa shape index (κ1) is 23.7. The first-order valence-electron chi connectivity index (χ1n) is 10.4. The number of carbonyl (C=O) groups excluding carboxylic acids is 2. The average molecular weight is 461 g/mol. The monoisotopic (exact) mass is 460 g/mol. The largest absolute Gasteiger partial charge is 0.497 e. The molecule has 0 aliphatic carbocycles. The lowest BCUT2D eigenvalue weighted by atomic mass is 9.98. The Kier molecular flexibility index (Phi) is 7.20. The number of imide groups is 1. The van der Waals surface area contributed by atoms with E-state index in [2.05, 4.69) is 4.72 Å². The minimum atomic E-state index is -3.97. The molecule has 1 atom stereocenters. The van der Waals surface area contributed by atoms with Gasteiger partial charge in [-0.2, -0.15) is 0 Å². The predicted octanol–water partition coefficient (Wildman–Crippen LogP) is 3.42. The molecule has 0 bridgehead atoms. The Labute approximate surface area is 188 Å². The second-order valence-electron chi connectivity index (χ2n) is 8.03. The van der Waals surface area contributed by atoms with Crippen LogP contribution in [-0.2, 0) is 19.6 Å². The molecule has 0 aromatic heterocycles. The molecule has 9 heteroatoms. The van der Waals surface area contributed by atoms with Gasteiger partial charge in [0.25, 0.3) is 0 Å². The standard InChI is InChI=1S/C23H28N2O6S/c1-15(2)13-19(16-5-7-17(30-3)8-6-16)24-32(28,29)18-9-10-21(31-4)20(14-18)25-22(26)11-12-23(25)27/h5-10,14-15,19,24H,11-13H2,1-4H3. The predicted molar refractivity (Wildman–Crippen MR) is 120 cm³/mol. The summed E-state index contributed by atoms with van der Waals surface area (Å²) >= 11 is 0. The van der Waals surface area contributed by atoms with Crippen LogP contribution in [0.2, 0.25) is 0 Å². The Morgan fingerprint density at radius 2 is 1.59 bits per heavy atom. The van der Waals surface area contributed by atoms with Crippen LogP contribution in [0, 0.1) is 5.92 Å². The van der Waals surface area contributed by atoms with Gasteiger partial charge in [-0.1, -0.05) is 26.0 Å². The smallest absolute Gasteiger partial charge is 0.241 e. The number of hydrogen-bond acceptors (Lipinski definition) is 6. The Hall–Kier alpha value is -2.91. The zero-order chi connectivity index (χ0) is 23.5. The van der Waals surface area contributed by atoms with Gasteiger partial charge in [0.1, 0.15) is 11.5 Å². The van der Waals surface area contributed by atoms with E-state index < -0.39 is 16.1 Å². The molecule has 2 amide bonds. The van der Waals surface area contributed by atoms with Crippen LogP contribution < -0.4 is 19.1 Å². The molecule has 3 rings (SSSR count). The fourth-order valence-corrected chi connectivity index (χ4v) is 4.93. The van der Waals surface area contributed by atoms with Gasteiger partial charge < -0.3 is 9.47 Å². The third-order valence-electron chi connectivity index (χ3n) is 5.28. The third-order valence-corrected chi connectivity index (χ3v) is 6.75. The quantitative estimate of drug-likeness (QED) is 0.576. The molecule has 1 fully saturated rings. The van der Waals surface area contributed by atoms with E-state index in [1.165, 1.54) is 25.3 Å². The van der Waals surface area contributed by atoms with Gasteiger partial charge >= 0.3 is 0 Å². The molecule has 8 nitrogen and oxygen atoms in total. The molecular weight excluding hydrogens is 432 g/mol. The maximum Gasteiger partial charge on any atom is 0.241 e. The summed E-state index contributed by atoms with van der Waals surface area (Å²) in [6.45, 7) is 4.03. The fourth-order valence-electron chi connectivity index (χ4n) is 3.67. The Morgan fingerprint density at radius 1 is 0.969 bits per heavy atom. The highest BCUT2D eigenvalue weighted by atomic mass is 32.2. The van der Waals surface area contributed by atoms with E-state index in [0.717, 1.165) is 10.5 Å². The number of methoxy groups -OCH3 is 2. The van der Waals surface area contributed by atoms with E-state index in [1.54, 1.807) is 19.2 Å². The van der Waals surface area contributed by atoms with Gasteiger partial charge in [0.05, 0.1) is 24.8 Å². The van der Waals surface area contributed by atoms with Gasteiger partial charge in [0.2, 0.25) is 21.8 Å². The molecule has 1 heterocycles. The molecule has 1 aliphatic heterocycles. The van der Waals surface area contributed by atoms with Crippen LogP contribution in [0.3, 0.4) is 0 Å². The summed E-state index contributed by atoms with van der Waals surface area (Å²) in [6.07, 6.45) is 0.758. The van der Waals surface area contributed by atoms with Crippen molar-refractivity contribution in [1.29, 1.82) is 0 Å². The van der Waals surface area contributed by atoms with Crippen LogP contribution in [-0.4, -0.2) is 34.5 Å². The maximum atomic E-state index is 13.3. The second kappa shape index (κ2) is 9.70. The molecule has 32 heavy (non-hydrogen) atoms.